The van der Waals surface area contributed by atoms with Crippen LogP contribution in [0.4, 0.5) is 0 Å². The Morgan fingerprint density at radius 1 is 0.943 bits per heavy atom. The van der Waals surface area contributed by atoms with Gasteiger partial charge in [0.2, 0.25) is 10.0 Å². The van der Waals surface area contributed by atoms with Gasteiger partial charge in [0.05, 0.1) is 11.3 Å². The highest BCUT2D eigenvalue weighted by molar-refractivity contribution is 7.89. The molecule has 0 aromatic heterocycles. The molecule has 3 aromatic carbocycles. The molecule has 0 heterocycles. The second-order valence-corrected chi connectivity index (χ2v) is 9.36. The number of azide groups is 1. The average Bonchev–Trinajstić information content (AvgIpc) is 2.86. The molecule has 0 spiro atoms. The predicted molar refractivity (Wildman–Crippen MR) is 130 cm³/mol. The van der Waals surface area contributed by atoms with Crippen molar-refractivity contribution in [2.75, 3.05) is 6.54 Å². The predicted octanol–water partition coefficient (Wildman–Crippen LogP) is 3.72. The number of sulfonamides is 1. The molecule has 0 aliphatic carbocycles. The van der Waals surface area contributed by atoms with Gasteiger partial charge >= 0.3 is 5.97 Å². The Hall–Kier alpha value is -4.18. The van der Waals surface area contributed by atoms with Crippen LogP contribution in [-0.4, -0.2) is 38.0 Å². The summed E-state index contributed by atoms with van der Waals surface area (Å²) in [6.45, 7) is -0.177. The highest BCUT2D eigenvalue weighted by Gasteiger charge is 2.17. The van der Waals surface area contributed by atoms with Gasteiger partial charge in [-0.2, -0.15) is 0 Å². The van der Waals surface area contributed by atoms with Crippen molar-refractivity contribution in [3.63, 3.8) is 0 Å². The second-order valence-electron chi connectivity index (χ2n) is 7.59. The number of hydrogen-bond acceptors (Lipinski definition) is 5. The third kappa shape index (κ3) is 7.41. The van der Waals surface area contributed by atoms with Crippen LogP contribution < -0.4 is 10.0 Å². The molecule has 3 N–H and O–H groups in total. The molecule has 180 valence electrons. The quantitative estimate of drug-likeness (QED) is 0.210. The summed E-state index contributed by atoms with van der Waals surface area (Å²) in [4.78, 5) is 26.0. The van der Waals surface area contributed by atoms with E-state index in [4.69, 9.17) is 10.6 Å². The fourth-order valence-electron chi connectivity index (χ4n) is 3.27. The van der Waals surface area contributed by atoms with E-state index in [1.807, 2.05) is 30.3 Å². The van der Waals surface area contributed by atoms with E-state index in [2.05, 4.69) is 20.1 Å². The number of nitrogens with one attached hydrogen (secondary N) is 2. The highest BCUT2D eigenvalue weighted by Crippen LogP contribution is 2.21. The maximum absolute atomic E-state index is 12.7. The van der Waals surface area contributed by atoms with E-state index in [1.165, 1.54) is 12.1 Å². The van der Waals surface area contributed by atoms with Gasteiger partial charge in [-0.15, -0.1) is 0 Å². The summed E-state index contributed by atoms with van der Waals surface area (Å²) >= 11 is 0. The van der Waals surface area contributed by atoms with Gasteiger partial charge in [-0.05, 0) is 46.5 Å². The van der Waals surface area contributed by atoms with Crippen molar-refractivity contribution in [3.05, 3.63) is 100 Å². The van der Waals surface area contributed by atoms with Gasteiger partial charge in [0.15, 0.2) is 0 Å². The SMILES string of the molecule is [N-]=[N+]=NC[C@H](CC(=O)O)NC(=O)c1ccc(CNS(=O)(=O)c2ccc(-c3ccccc3)cc2)cc1. The van der Waals surface area contributed by atoms with Gasteiger partial charge in [0.25, 0.3) is 5.91 Å². The minimum atomic E-state index is -3.74. The van der Waals surface area contributed by atoms with E-state index >= 15 is 0 Å². The summed E-state index contributed by atoms with van der Waals surface area (Å²) in [5.41, 5.74) is 11.2. The normalized spacial score (nSPS) is 11.8. The number of carbonyl (C=O) groups excluding carboxylic acids is 1. The van der Waals surface area contributed by atoms with Gasteiger partial charge in [-0.25, -0.2) is 13.1 Å². The Kier molecular flexibility index (Phi) is 8.58. The van der Waals surface area contributed by atoms with Crippen LogP contribution in [0.3, 0.4) is 0 Å². The number of carboxylic acid groups (broad SMARTS) is 1. The minimum absolute atomic E-state index is 0.0171. The number of aliphatic carboxylic acids is 1. The van der Waals surface area contributed by atoms with Crippen LogP contribution in [0.5, 0.6) is 0 Å². The van der Waals surface area contributed by atoms with Crippen molar-refractivity contribution < 1.29 is 23.1 Å². The topological polar surface area (TPSA) is 161 Å². The monoisotopic (exact) mass is 493 g/mol. The zero-order chi connectivity index (χ0) is 25.3. The third-order valence-electron chi connectivity index (χ3n) is 5.08. The molecule has 11 heteroatoms. The number of hydrogen-bond donors (Lipinski definition) is 3. The molecule has 0 fully saturated rings. The first kappa shape index (κ1) is 25.4. The molecule has 10 nitrogen and oxygen atoms in total. The minimum Gasteiger partial charge on any atom is -0.481 e. The van der Waals surface area contributed by atoms with E-state index in [0.717, 1.165) is 11.1 Å². The Balaban J connectivity index is 1.60. The van der Waals surface area contributed by atoms with Crippen LogP contribution >= 0.6 is 0 Å². The average molecular weight is 494 g/mol. The van der Waals surface area contributed by atoms with Gasteiger partial charge in [-0.1, -0.05) is 59.7 Å². The lowest BCUT2D eigenvalue weighted by atomic mass is 10.1. The van der Waals surface area contributed by atoms with Crippen molar-refractivity contribution >= 4 is 21.9 Å². The fourth-order valence-corrected chi connectivity index (χ4v) is 4.29. The first-order valence-electron chi connectivity index (χ1n) is 10.6. The van der Waals surface area contributed by atoms with Crippen LogP contribution in [0.15, 0.2) is 88.9 Å². The van der Waals surface area contributed by atoms with Crippen molar-refractivity contribution in [2.24, 2.45) is 5.11 Å². The lowest BCUT2D eigenvalue weighted by Gasteiger charge is -2.14. The maximum atomic E-state index is 12.7. The molecule has 0 radical (unpaired) electrons. The number of carboxylic acids is 1. The summed E-state index contributed by atoms with van der Waals surface area (Å²) in [6.07, 6.45) is -0.392. The Labute approximate surface area is 202 Å². The number of carbonyl (C=O) groups is 2. The number of benzene rings is 3. The fraction of sp³-hybridized carbons (Fsp3) is 0.167. The third-order valence-corrected chi connectivity index (χ3v) is 6.49. The molecule has 0 bridgehead atoms. The molecule has 0 saturated carbocycles. The lowest BCUT2D eigenvalue weighted by Crippen LogP contribution is -2.38. The first-order valence-corrected chi connectivity index (χ1v) is 12.0. The van der Waals surface area contributed by atoms with E-state index in [0.29, 0.717) is 5.56 Å². The van der Waals surface area contributed by atoms with Gasteiger partial charge in [0.1, 0.15) is 0 Å². The van der Waals surface area contributed by atoms with Crippen molar-refractivity contribution in [3.8, 4) is 11.1 Å². The zero-order valence-electron chi connectivity index (χ0n) is 18.5. The van der Waals surface area contributed by atoms with Crippen molar-refractivity contribution in [2.45, 2.75) is 23.9 Å². The standard InChI is InChI=1S/C24H23N5O5S/c25-29-26-16-21(14-23(30)31)28-24(32)20-8-6-17(7-9-20)15-27-35(33,34)22-12-10-19(11-13-22)18-4-2-1-3-5-18/h1-13,21,27H,14-16H2,(H,28,32)(H,30,31)/t21-/m0/s1. The molecule has 0 unspecified atom stereocenters. The smallest absolute Gasteiger partial charge is 0.305 e. The Morgan fingerprint density at radius 3 is 2.17 bits per heavy atom. The number of amides is 1. The summed E-state index contributed by atoms with van der Waals surface area (Å²) in [5.74, 6) is -1.67. The Morgan fingerprint density at radius 2 is 1.57 bits per heavy atom. The molecule has 1 amide bonds. The molecule has 0 saturated heterocycles. The molecule has 0 aliphatic rings. The van der Waals surface area contributed by atoms with Crippen LogP contribution in [0.25, 0.3) is 21.6 Å². The van der Waals surface area contributed by atoms with E-state index < -0.39 is 34.4 Å². The maximum Gasteiger partial charge on any atom is 0.305 e. The van der Waals surface area contributed by atoms with Crippen LogP contribution in [0.1, 0.15) is 22.3 Å². The largest absolute Gasteiger partial charge is 0.481 e. The highest BCUT2D eigenvalue weighted by atomic mass is 32.2. The molecular weight excluding hydrogens is 470 g/mol. The molecular formula is C24H23N5O5S. The van der Waals surface area contributed by atoms with Crippen molar-refractivity contribution in [1.29, 1.82) is 0 Å². The number of rotatable bonds is 11. The summed E-state index contributed by atoms with van der Waals surface area (Å²) in [6, 6.07) is 21.5. The number of nitrogens with zero attached hydrogens (tertiary/aromatic N) is 3. The van der Waals surface area contributed by atoms with E-state index in [1.54, 1.807) is 36.4 Å². The van der Waals surface area contributed by atoms with Crippen LogP contribution in [0, 0.1) is 0 Å². The molecule has 3 aromatic rings. The van der Waals surface area contributed by atoms with Gasteiger partial charge < -0.3 is 10.4 Å². The molecule has 0 aliphatic heterocycles. The Bertz CT molecular complexity index is 1320. The molecule has 1 atom stereocenters. The van der Waals surface area contributed by atoms with Crippen LogP contribution in [0.2, 0.25) is 0 Å². The molecule has 3 rings (SSSR count). The summed E-state index contributed by atoms with van der Waals surface area (Å²) in [5, 5.41) is 14.8. The van der Waals surface area contributed by atoms with E-state index in [-0.39, 0.29) is 23.5 Å². The summed E-state index contributed by atoms with van der Waals surface area (Å²) < 4.78 is 27.9. The zero-order valence-corrected chi connectivity index (χ0v) is 19.4. The lowest BCUT2D eigenvalue weighted by molar-refractivity contribution is -0.137. The summed E-state index contributed by atoms with van der Waals surface area (Å²) in [7, 11) is -3.74. The van der Waals surface area contributed by atoms with Gasteiger partial charge in [-0.3, -0.25) is 9.59 Å². The van der Waals surface area contributed by atoms with Gasteiger partial charge in [0, 0.05) is 29.6 Å². The van der Waals surface area contributed by atoms with E-state index in [9.17, 15) is 18.0 Å². The molecule has 35 heavy (non-hydrogen) atoms. The second kappa shape index (κ2) is 11.8. The first-order chi connectivity index (χ1) is 16.8. The van der Waals surface area contributed by atoms with Crippen LogP contribution in [-0.2, 0) is 21.4 Å². The van der Waals surface area contributed by atoms with Crippen molar-refractivity contribution in [1.82, 2.24) is 10.0 Å².